The number of hydrogen-bond donors (Lipinski definition) is 2. The van der Waals surface area contributed by atoms with Crippen LogP contribution in [0.4, 0.5) is 11.4 Å². The Labute approximate surface area is 125 Å². The van der Waals surface area contributed by atoms with Crippen molar-refractivity contribution in [1.82, 2.24) is 0 Å². The molecule has 2 aromatic carbocycles. The standard InChI is InChI=1S/C17H20N2O2/c1-2-19(11-12-20)16-10-6-7-14(13-16)17(21)18-15-8-4-3-5-9-15/h3-10,13,20H,2,11-12H2,1H3,(H,18,21). The van der Waals surface area contributed by atoms with Gasteiger partial charge in [0.15, 0.2) is 0 Å². The van der Waals surface area contributed by atoms with Crippen molar-refractivity contribution in [2.45, 2.75) is 6.92 Å². The van der Waals surface area contributed by atoms with Crippen molar-refractivity contribution >= 4 is 17.3 Å². The second-order valence-corrected chi connectivity index (χ2v) is 4.67. The largest absolute Gasteiger partial charge is 0.395 e. The number of carbonyl (C=O) groups excluding carboxylic acids is 1. The molecule has 110 valence electrons. The van der Waals surface area contributed by atoms with Crippen LogP contribution in [0.2, 0.25) is 0 Å². The van der Waals surface area contributed by atoms with Gasteiger partial charge in [0.2, 0.25) is 0 Å². The van der Waals surface area contributed by atoms with E-state index >= 15 is 0 Å². The van der Waals surface area contributed by atoms with Gasteiger partial charge in [-0.15, -0.1) is 0 Å². The van der Waals surface area contributed by atoms with Crippen LogP contribution in [0.3, 0.4) is 0 Å². The summed E-state index contributed by atoms with van der Waals surface area (Å²) in [5, 5.41) is 11.9. The van der Waals surface area contributed by atoms with E-state index in [1.165, 1.54) is 0 Å². The summed E-state index contributed by atoms with van der Waals surface area (Å²) in [5.74, 6) is -0.136. The summed E-state index contributed by atoms with van der Waals surface area (Å²) in [7, 11) is 0. The Morgan fingerprint density at radius 1 is 1.14 bits per heavy atom. The normalized spacial score (nSPS) is 10.2. The highest BCUT2D eigenvalue weighted by Gasteiger charge is 2.09. The maximum Gasteiger partial charge on any atom is 0.255 e. The monoisotopic (exact) mass is 284 g/mol. The molecule has 4 nitrogen and oxygen atoms in total. The molecule has 1 amide bonds. The number of nitrogens with one attached hydrogen (secondary N) is 1. The summed E-state index contributed by atoms with van der Waals surface area (Å²) < 4.78 is 0. The van der Waals surface area contributed by atoms with Gasteiger partial charge in [-0.3, -0.25) is 4.79 Å². The van der Waals surface area contributed by atoms with Crippen LogP contribution in [0.1, 0.15) is 17.3 Å². The highest BCUT2D eigenvalue weighted by Crippen LogP contribution is 2.17. The number of likely N-dealkylation sites (N-methyl/N-ethyl adjacent to an activating group) is 1. The highest BCUT2D eigenvalue weighted by atomic mass is 16.3. The lowest BCUT2D eigenvalue weighted by atomic mass is 10.1. The van der Waals surface area contributed by atoms with E-state index in [0.717, 1.165) is 17.9 Å². The molecule has 4 heteroatoms. The first-order chi connectivity index (χ1) is 10.2. The lowest BCUT2D eigenvalue weighted by Crippen LogP contribution is -2.26. The Morgan fingerprint density at radius 3 is 2.57 bits per heavy atom. The van der Waals surface area contributed by atoms with E-state index in [-0.39, 0.29) is 12.5 Å². The number of hydrogen-bond acceptors (Lipinski definition) is 3. The number of amides is 1. The Hall–Kier alpha value is -2.33. The van der Waals surface area contributed by atoms with Gasteiger partial charge in [-0.25, -0.2) is 0 Å². The van der Waals surface area contributed by atoms with Gasteiger partial charge >= 0.3 is 0 Å². The number of carbonyl (C=O) groups is 1. The Kier molecular flexibility index (Phi) is 5.35. The van der Waals surface area contributed by atoms with Crippen LogP contribution in [0.15, 0.2) is 54.6 Å². The van der Waals surface area contributed by atoms with Crippen molar-refractivity contribution in [3.05, 3.63) is 60.2 Å². The zero-order valence-electron chi connectivity index (χ0n) is 12.1. The molecule has 2 aromatic rings. The number of para-hydroxylation sites is 1. The Bertz CT molecular complexity index is 584. The predicted octanol–water partition coefficient (Wildman–Crippen LogP) is 2.76. The average molecular weight is 284 g/mol. The quantitative estimate of drug-likeness (QED) is 0.857. The smallest absolute Gasteiger partial charge is 0.255 e. The van der Waals surface area contributed by atoms with E-state index in [9.17, 15) is 4.79 Å². The van der Waals surface area contributed by atoms with Gasteiger partial charge in [-0.2, -0.15) is 0 Å². The van der Waals surface area contributed by atoms with Crippen LogP contribution in [0.25, 0.3) is 0 Å². The topological polar surface area (TPSA) is 52.6 Å². The number of nitrogens with zero attached hydrogens (tertiary/aromatic N) is 1. The van der Waals surface area contributed by atoms with Crippen LogP contribution in [-0.2, 0) is 0 Å². The third-order valence-corrected chi connectivity index (χ3v) is 3.26. The third-order valence-electron chi connectivity index (χ3n) is 3.26. The molecule has 2 rings (SSSR count). The molecule has 0 atom stereocenters. The molecule has 0 spiro atoms. The summed E-state index contributed by atoms with van der Waals surface area (Å²) >= 11 is 0. The molecule has 0 radical (unpaired) electrons. The first kappa shape index (κ1) is 15.1. The maximum atomic E-state index is 12.3. The van der Waals surface area contributed by atoms with Gasteiger partial charge in [0.25, 0.3) is 5.91 Å². The fourth-order valence-electron chi connectivity index (χ4n) is 2.16. The fraction of sp³-hybridized carbons (Fsp3) is 0.235. The molecular formula is C17H20N2O2. The number of aliphatic hydroxyl groups excluding tert-OH is 1. The first-order valence-corrected chi connectivity index (χ1v) is 7.07. The van der Waals surface area contributed by atoms with Gasteiger partial charge in [0.05, 0.1) is 6.61 Å². The van der Waals surface area contributed by atoms with Crippen LogP contribution >= 0.6 is 0 Å². The number of aliphatic hydroxyl groups is 1. The zero-order chi connectivity index (χ0) is 15.1. The molecule has 0 bridgehead atoms. The summed E-state index contributed by atoms with van der Waals surface area (Å²) in [6.07, 6.45) is 0. The van der Waals surface area contributed by atoms with E-state index in [1.54, 1.807) is 6.07 Å². The molecule has 0 aliphatic rings. The molecule has 0 heterocycles. The van der Waals surface area contributed by atoms with E-state index in [1.807, 2.05) is 60.4 Å². The second-order valence-electron chi connectivity index (χ2n) is 4.67. The summed E-state index contributed by atoms with van der Waals surface area (Å²) in [6.45, 7) is 3.45. The summed E-state index contributed by atoms with van der Waals surface area (Å²) in [4.78, 5) is 14.3. The van der Waals surface area contributed by atoms with Crippen molar-refractivity contribution in [1.29, 1.82) is 0 Å². The van der Waals surface area contributed by atoms with Crippen LogP contribution in [-0.4, -0.2) is 30.7 Å². The number of benzene rings is 2. The van der Waals surface area contributed by atoms with Crippen molar-refractivity contribution in [2.75, 3.05) is 29.9 Å². The van der Waals surface area contributed by atoms with Crippen molar-refractivity contribution in [3.8, 4) is 0 Å². The molecule has 21 heavy (non-hydrogen) atoms. The van der Waals surface area contributed by atoms with Crippen LogP contribution in [0, 0.1) is 0 Å². The number of anilines is 2. The predicted molar refractivity (Wildman–Crippen MR) is 85.8 cm³/mol. The van der Waals surface area contributed by atoms with Crippen LogP contribution in [0.5, 0.6) is 0 Å². The molecule has 0 unspecified atom stereocenters. The van der Waals surface area contributed by atoms with E-state index in [4.69, 9.17) is 5.11 Å². The fourth-order valence-corrected chi connectivity index (χ4v) is 2.16. The van der Waals surface area contributed by atoms with Crippen LogP contribution < -0.4 is 10.2 Å². The molecule has 0 saturated heterocycles. The van der Waals surface area contributed by atoms with Gasteiger partial charge in [0, 0.05) is 30.0 Å². The van der Waals surface area contributed by atoms with Gasteiger partial charge in [0.1, 0.15) is 0 Å². The van der Waals surface area contributed by atoms with E-state index < -0.39 is 0 Å². The van der Waals surface area contributed by atoms with Crippen molar-refractivity contribution in [3.63, 3.8) is 0 Å². The Morgan fingerprint density at radius 2 is 1.90 bits per heavy atom. The molecule has 0 fully saturated rings. The SMILES string of the molecule is CCN(CCO)c1cccc(C(=O)Nc2ccccc2)c1. The highest BCUT2D eigenvalue weighted by molar-refractivity contribution is 6.04. The molecule has 0 aliphatic heterocycles. The van der Waals surface area contributed by atoms with Crippen molar-refractivity contribution < 1.29 is 9.90 Å². The van der Waals surface area contributed by atoms with E-state index in [2.05, 4.69) is 5.32 Å². The minimum absolute atomic E-state index is 0.0915. The second kappa shape index (κ2) is 7.45. The minimum Gasteiger partial charge on any atom is -0.395 e. The first-order valence-electron chi connectivity index (χ1n) is 7.07. The summed E-state index contributed by atoms with van der Waals surface area (Å²) in [5.41, 5.74) is 2.32. The van der Waals surface area contributed by atoms with Gasteiger partial charge in [-0.1, -0.05) is 24.3 Å². The zero-order valence-corrected chi connectivity index (χ0v) is 12.1. The Balaban J connectivity index is 2.14. The maximum absolute atomic E-state index is 12.3. The van der Waals surface area contributed by atoms with Gasteiger partial charge < -0.3 is 15.3 Å². The lowest BCUT2D eigenvalue weighted by Gasteiger charge is -2.22. The molecule has 0 aromatic heterocycles. The summed E-state index contributed by atoms with van der Waals surface area (Å²) in [6, 6.07) is 16.8. The van der Waals surface area contributed by atoms with E-state index in [0.29, 0.717) is 12.1 Å². The van der Waals surface area contributed by atoms with Gasteiger partial charge in [-0.05, 0) is 37.3 Å². The molecule has 0 saturated carbocycles. The lowest BCUT2D eigenvalue weighted by molar-refractivity contribution is 0.102. The molecular weight excluding hydrogens is 264 g/mol. The van der Waals surface area contributed by atoms with Crippen molar-refractivity contribution in [2.24, 2.45) is 0 Å². The minimum atomic E-state index is -0.136. The average Bonchev–Trinajstić information content (AvgIpc) is 2.53. The molecule has 0 aliphatic carbocycles. The number of rotatable bonds is 6. The third kappa shape index (κ3) is 4.07. The molecule has 2 N–H and O–H groups in total.